The van der Waals surface area contributed by atoms with Crippen LogP contribution in [0, 0.1) is 5.82 Å². The maximum atomic E-state index is 13.5. The molecule has 0 aliphatic carbocycles. The fraction of sp³-hybridized carbons (Fsp3) is 0.318. The zero-order valence-electron chi connectivity index (χ0n) is 16.3. The van der Waals surface area contributed by atoms with Crippen LogP contribution in [0.5, 0.6) is 0 Å². The van der Waals surface area contributed by atoms with E-state index in [2.05, 4.69) is 10.2 Å². The summed E-state index contributed by atoms with van der Waals surface area (Å²) < 4.78 is 18.8. The van der Waals surface area contributed by atoms with Crippen molar-refractivity contribution in [2.45, 2.75) is 12.8 Å². The topological polar surface area (TPSA) is 66.3 Å². The van der Waals surface area contributed by atoms with Crippen LogP contribution in [0.4, 0.5) is 15.8 Å². The van der Waals surface area contributed by atoms with Crippen LogP contribution in [0.2, 0.25) is 0 Å². The lowest BCUT2D eigenvalue weighted by Crippen LogP contribution is -2.46. The number of hydrogen-bond acceptors (Lipinski definition) is 5. The van der Waals surface area contributed by atoms with E-state index >= 15 is 0 Å². The van der Waals surface area contributed by atoms with Gasteiger partial charge in [-0.1, -0.05) is 24.3 Å². The Kier molecular flexibility index (Phi) is 5.78. The first-order valence-corrected chi connectivity index (χ1v) is 9.68. The predicted molar refractivity (Wildman–Crippen MR) is 111 cm³/mol. The first kappa shape index (κ1) is 19.4. The number of rotatable bonds is 3. The van der Waals surface area contributed by atoms with E-state index in [1.807, 2.05) is 31.2 Å². The van der Waals surface area contributed by atoms with Gasteiger partial charge in [-0.25, -0.2) is 9.38 Å². The highest BCUT2D eigenvalue weighted by Gasteiger charge is 2.27. The first-order valence-electron chi connectivity index (χ1n) is 9.68. The summed E-state index contributed by atoms with van der Waals surface area (Å²) in [6, 6.07) is 13.8. The lowest BCUT2D eigenvalue weighted by atomic mass is 9.93. The molecule has 0 saturated carbocycles. The molecule has 0 aromatic heterocycles. The summed E-state index contributed by atoms with van der Waals surface area (Å²) in [7, 11) is 0. The molecule has 1 saturated heterocycles. The molecule has 0 radical (unpaired) electrons. The van der Waals surface area contributed by atoms with Gasteiger partial charge in [-0.05, 0) is 36.8 Å². The fourth-order valence-corrected chi connectivity index (χ4v) is 3.60. The van der Waals surface area contributed by atoms with Gasteiger partial charge in [-0.2, -0.15) is 0 Å². The van der Waals surface area contributed by atoms with Crippen LogP contribution in [-0.2, 0) is 9.53 Å². The van der Waals surface area contributed by atoms with Crippen LogP contribution in [0.1, 0.15) is 18.4 Å². The number of amides is 1. The van der Waals surface area contributed by atoms with Gasteiger partial charge in [0.1, 0.15) is 11.7 Å². The lowest BCUT2D eigenvalue weighted by molar-refractivity contribution is -0.121. The SMILES string of the molecule is CC1=Nc2ccccc2N=C(NC(=O)CN2CCOCC2)C1c1ccc(F)cc1. The monoisotopic (exact) mass is 394 g/mol. The Balaban J connectivity index is 1.66. The van der Waals surface area contributed by atoms with E-state index in [0.717, 1.165) is 30.1 Å². The summed E-state index contributed by atoms with van der Waals surface area (Å²) in [6.45, 7) is 4.89. The molecule has 0 bridgehead atoms. The molecule has 0 spiro atoms. The number of amidine groups is 1. The van der Waals surface area contributed by atoms with Gasteiger partial charge >= 0.3 is 0 Å². The van der Waals surface area contributed by atoms with Crippen LogP contribution in [0.15, 0.2) is 58.5 Å². The molecule has 150 valence electrons. The van der Waals surface area contributed by atoms with E-state index in [1.54, 1.807) is 12.1 Å². The maximum absolute atomic E-state index is 13.5. The van der Waals surface area contributed by atoms with Gasteiger partial charge in [0.25, 0.3) is 0 Å². The van der Waals surface area contributed by atoms with Crippen LogP contribution < -0.4 is 5.32 Å². The minimum Gasteiger partial charge on any atom is -0.379 e. The number of nitrogens with zero attached hydrogens (tertiary/aromatic N) is 3. The molecule has 1 unspecified atom stereocenters. The van der Waals surface area contributed by atoms with Gasteiger partial charge in [0, 0.05) is 18.8 Å². The summed E-state index contributed by atoms with van der Waals surface area (Å²) in [5.41, 5.74) is 3.05. The Morgan fingerprint density at radius 2 is 1.76 bits per heavy atom. The molecule has 4 rings (SSSR count). The number of para-hydroxylation sites is 2. The smallest absolute Gasteiger partial charge is 0.239 e. The van der Waals surface area contributed by atoms with Crippen molar-refractivity contribution in [1.82, 2.24) is 10.2 Å². The Bertz CT molecular complexity index is 950. The van der Waals surface area contributed by atoms with E-state index in [-0.39, 0.29) is 24.2 Å². The minimum atomic E-state index is -0.364. The molecule has 1 fully saturated rings. The molecule has 2 heterocycles. The second-order valence-electron chi connectivity index (χ2n) is 7.16. The highest BCUT2D eigenvalue weighted by atomic mass is 19.1. The van der Waals surface area contributed by atoms with Gasteiger partial charge in [0.2, 0.25) is 5.91 Å². The van der Waals surface area contributed by atoms with Crippen LogP contribution in [0.25, 0.3) is 0 Å². The van der Waals surface area contributed by atoms with Crippen LogP contribution in [-0.4, -0.2) is 55.2 Å². The number of fused-ring (bicyclic) bond motifs is 1. The van der Waals surface area contributed by atoms with Crippen molar-refractivity contribution >= 4 is 28.8 Å². The van der Waals surface area contributed by atoms with Crippen LogP contribution in [0.3, 0.4) is 0 Å². The number of benzene rings is 2. The predicted octanol–water partition coefficient (Wildman–Crippen LogP) is 3.19. The van der Waals surface area contributed by atoms with Gasteiger partial charge in [0.05, 0.1) is 37.1 Å². The maximum Gasteiger partial charge on any atom is 0.239 e. The Morgan fingerprint density at radius 1 is 1.10 bits per heavy atom. The van der Waals surface area contributed by atoms with Crippen molar-refractivity contribution in [1.29, 1.82) is 0 Å². The molecule has 2 aliphatic rings. The van der Waals surface area contributed by atoms with Crippen molar-refractivity contribution in [3.8, 4) is 0 Å². The molecule has 6 nitrogen and oxygen atoms in total. The molecule has 1 amide bonds. The van der Waals surface area contributed by atoms with Gasteiger partial charge < -0.3 is 10.1 Å². The number of hydrogen-bond donors (Lipinski definition) is 1. The zero-order valence-corrected chi connectivity index (χ0v) is 16.3. The van der Waals surface area contributed by atoms with Gasteiger partial charge in [0.15, 0.2) is 0 Å². The Hall–Kier alpha value is -2.90. The van der Waals surface area contributed by atoms with E-state index in [1.165, 1.54) is 12.1 Å². The van der Waals surface area contributed by atoms with Crippen molar-refractivity contribution in [3.05, 3.63) is 59.9 Å². The van der Waals surface area contributed by atoms with Crippen molar-refractivity contribution in [2.24, 2.45) is 9.98 Å². The number of carbonyl (C=O) groups is 1. The minimum absolute atomic E-state index is 0.134. The number of ether oxygens (including phenoxy) is 1. The second-order valence-corrected chi connectivity index (χ2v) is 7.16. The molecule has 1 atom stereocenters. The summed E-state index contributed by atoms with van der Waals surface area (Å²) >= 11 is 0. The average molecular weight is 394 g/mol. The standard InChI is InChI=1S/C22H23FN4O2/c1-15-21(16-6-8-17(23)9-7-16)22(25-19-5-3-2-4-18(19)24-15)26-20(28)14-27-10-12-29-13-11-27/h2-9,21H,10-14H2,1H3,(H,25,26,28). The van der Waals surface area contributed by atoms with E-state index in [0.29, 0.717) is 24.7 Å². The number of aliphatic imine (C=N–C) groups is 2. The quantitative estimate of drug-likeness (QED) is 0.870. The average Bonchev–Trinajstić information content (AvgIpc) is 2.85. The summed E-state index contributed by atoms with van der Waals surface area (Å²) in [6.07, 6.45) is 0. The molecule has 7 heteroatoms. The third kappa shape index (κ3) is 4.58. The molecule has 29 heavy (non-hydrogen) atoms. The molecule has 2 aliphatic heterocycles. The lowest BCUT2D eigenvalue weighted by Gasteiger charge is -2.26. The van der Waals surface area contributed by atoms with E-state index < -0.39 is 0 Å². The van der Waals surface area contributed by atoms with Crippen molar-refractivity contribution < 1.29 is 13.9 Å². The summed E-state index contributed by atoms with van der Waals surface area (Å²) in [5.74, 6) is -0.308. The fourth-order valence-electron chi connectivity index (χ4n) is 3.60. The molecular formula is C22H23FN4O2. The number of morpholine rings is 1. The summed E-state index contributed by atoms with van der Waals surface area (Å²) in [4.78, 5) is 24.3. The number of carbonyl (C=O) groups excluding carboxylic acids is 1. The molecule has 1 N–H and O–H groups in total. The Labute approximate surface area is 169 Å². The third-order valence-electron chi connectivity index (χ3n) is 5.05. The number of nitrogens with one attached hydrogen (secondary N) is 1. The largest absolute Gasteiger partial charge is 0.379 e. The van der Waals surface area contributed by atoms with Gasteiger partial charge in [-0.15, -0.1) is 0 Å². The third-order valence-corrected chi connectivity index (χ3v) is 5.05. The van der Waals surface area contributed by atoms with Crippen LogP contribution >= 0.6 is 0 Å². The zero-order chi connectivity index (χ0) is 20.2. The highest BCUT2D eigenvalue weighted by molar-refractivity contribution is 6.17. The highest BCUT2D eigenvalue weighted by Crippen LogP contribution is 2.34. The summed E-state index contributed by atoms with van der Waals surface area (Å²) in [5, 5.41) is 2.99. The number of halogens is 1. The normalized spacial score (nSPS) is 19.6. The van der Waals surface area contributed by atoms with E-state index in [4.69, 9.17) is 14.7 Å². The Morgan fingerprint density at radius 3 is 2.45 bits per heavy atom. The van der Waals surface area contributed by atoms with E-state index in [9.17, 15) is 9.18 Å². The first-order chi connectivity index (χ1) is 14.1. The van der Waals surface area contributed by atoms with Crippen molar-refractivity contribution in [3.63, 3.8) is 0 Å². The molecule has 2 aromatic rings. The second kappa shape index (κ2) is 8.63. The molecule has 2 aromatic carbocycles. The van der Waals surface area contributed by atoms with Gasteiger partial charge in [-0.3, -0.25) is 14.7 Å². The molecular weight excluding hydrogens is 371 g/mol. The van der Waals surface area contributed by atoms with Crippen molar-refractivity contribution in [2.75, 3.05) is 32.8 Å².